The van der Waals surface area contributed by atoms with Crippen molar-refractivity contribution >= 4 is 17.8 Å². The number of carbonyl (C=O) groups excluding carboxylic acids is 3. The van der Waals surface area contributed by atoms with Crippen LogP contribution in [0.3, 0.4) is 0 Å². The normalized spacial score (nSPS) is 18.4. The molecule has 0 aliphatic carbocycles. The zero-order chi connectivity index (χ0) is 30.1. The largest absolute Gasteiger partial charge is 0.466 e. The summed E-state index contributed by atoms with van der Waals surface area (Å²) in [5.74, 6) is -1.43. The van der Waals surface area contributed by atoms with Gasteiger partial charge in [-0.25, -0.2) is 0 Å². The Morgan fingerprint density at radius 3 is 2.23 bits per heavy atom. The monoisotopic (exact) mass is 566 g/mol. The van der Waals surface area contributed by atoms with Gasteiger partial charge in [-0.1, -0.05) is 78.9 Å². The van der Waals surface area contributed by atoms with E-state index in [4.69, 9.17) is 14.2 Å². The molecule has 0 aromatic heterocycles. The summed E-state index contributed by atoms with van der Waals surface area (Å²) in [6, 6.07) is 0. The van der Waals surface area contributed by atoms with Crippen LogP contribution in [0, 0.1) is 10.8 Å². The summed E-state index contributed by atoms with van der Waals surface area (Å²) in [5.41, 5.74) is -0.879. The van der Waals surface area contributed by atoms with Gasteiger partial charge in [0.25, 0.3) is 0 Å². The zero-order valence-electron chi connectivity index (χ0n) is 26.5. The van der Waals surface area contributed by atoms with Gasteiger partial charge in [0, 0.05) is 23.9 Å². The summed E-state index contributed by atoms with van der Waals surface area (Å²) in [6.45, 7) is 14.9. The van der Waals surface area contributed by atoms with Crippen molar-refractivity contribution < 1.29 is 28.6 Å². The minimum Gasteiger partial charge on any atom is -0.466 e. The van der Waals surface area contributed by atoms with E-state index in [1.165, 1.54) is 38.5 Å². The van der Waals surface area contributed by atoms with Gasteiger partial charge in [-0.2, -0.15) is 0 Å². The van der Waals surface area contributed by atoms with Gasteiger partial charge in [-0.05, 0) is 52.4 Å². The average molecular weight is 567 g/mol. The fourth-order valence-corrected chi connectivity index (χ4v) is 4.52. The lowest BCUT2D eigenvalue weighted by atomic mass is 9.85. The maximum Gasteiger partial charge on any atom is 0.307 e. The SMILES string of the molecule is CCCCCC=CCCCCCCC(C)(C)C(=O)NCCCOC(=O)CCNC(=O)C1OC(C)(C)OCC1(C)C. The van der Waals surface area contributed by atoms with E-state index in [-0.39, 0.29) is 37.4 Å². The summed E-state index contributed by atoms with van der Waals surface area (Å²) in [7, 11) is 0. The lowest BCUT2D eigenvalue weighted by Crippen LogP contribution is -2.56. The third-order valence-electron chi connectivity index (χ3n) is 7.32. The number of ether oxygens (including phenoxy) is 3. The molecule has 1 fully saturated rings. The molecule has 232 valence electrons. The second-order valence-corrected chi connectivity index (χ2v) is 12.8. The molecule has 1 unspecified atom stereocenters. The molecule has 0 spiro atoms. The van der Waals surface area contributed by atoms with Crippen LogP contribution in [0.5, 0.6) is 0 Å². The maximum atomic E-state index is 12.6. The molecule has 2 amide bonds. The van der Waals surface area contributed by atoms with Crippen LogP contribution in [-0.4, -0.2) is 56.0 Å². The van der Waals surface area contributed by atoms with E-state index in [2.05, 4.69) is 29.7 Å². The molecule has 1 rings (SSSR count). The van der Waals surface area contributed by atoms with Crippen molar-refractivity contribution in [3.63, 3.8) is 0 Å². The third-order valence-corrected chi connectivity index (χ3v) is 7.32. The van der Waals surface area contributed by atoms with E-state index < -0.39 is 22.7 Å². The summed E-state index contributed by atoms with van der Waals surface area (Å²) in [5, 5.41) is 5.75. The first-order chi connectivity index (χ1) is 18.8. The van der Waals surface area contributed by atoms with Gasteiger partial charge in [0.2, 0.25) is 11.8 Å². The summed E-state index contributed by atoms with van der Waals surface area (Å²) in [4.78, 5) is 37.3. The Hall–Kier alpha value is -1.93. The molecular weight excluding hydrogens is 508 g/mol. The summed E-state index contributed by atoms with van der Waals surface area (Å²) < 4.78 is 16.7. The van der Waals surface area contributed by atoms with Crippen molar-refractivity contribution in [3.05, 3.63) is 12.2 Å². The van der Waals surface area contributed by atoms with Crippen LogP contribution in [-0.2, 0) is 28.6 Å². The van der Waals surface area contributed by atoms with Crippen LogP contribution in [0.1, 0.15) is 126 Å². The van der Waals surface area contributed by atoms with Gasteiger partial charge in [0.15, 0.2) is 5.79 Å². The first-order valence-electron chi connectivity index (χ1n) is 15.5. The van der Waals surface area contributed by atoms with Crippen molar-refractivity contribution in [2.75, 3.05) is 26.3 Å². The van der Waals surface area contributed by atoms with Crippen LogP contribution >= 0.6 is 0 Å². The predicted octanol–water partition coefficient (Wildman–Crippen LogP) is 6.22. The molecular formula is C32H58N2O6. The first-order valence-corrected chi connectivity index (χ1v) is 15.5. The molecule has 0 bridgehead atoms. The molecule has 1 heterocycles. The Kier molecular flexibility index (Phi) is 16.7. The number of unbranched alkanes of at least 4 members (excludes halogenated alkanes) is 7. The Morgan fingerprint density at radius 1 is 0.900 bits per heavy atom. The molecule has 40 heavy (non-hydrogen) atoms. The van der Waals surface area contributed by atoms with Crippen LogP contribution in [0.25, 0.3) is 0 Å². The summed E-state index contributed by atoms with van der Waals surface area (Å²) in [6.07, 6.45) is 16.3. The molecule has 1 atom stereocenters. The van der Waals surface area contributed by atoms with Crippen LogP contribution in [0.15, 0.2) is 12.2 Å². The van der Waals surface area contributed by atoms with Crippen molar-refractivity contribution in [1.29, 1.82) is 0 Å². The highest BCUT2D eigenvalue weighted by atomic mass is 16.7. The second-order valence-electron chi connectivity index (χ2n) is 12.8. The van der Waals surface area contributed by atoms with E-state index in [0.717, 1.165) is 25.7 Å². The van der Waals surface area contributed by atoms with Gasteiger partial charge in [0.05, 0.1) is 19.6 Å². The van der Waals surface area contributed by atoms with E-state index in [1.807, 2.05) is 27.7 Å². The molecule has 0 aromatic rings. The highest BCUT2D eigenvalue weighted by Crippen LogP contribution is 2.34. The van der Waals surface area contributed by atoms with Gasteiger partial charge in [0.1, 0.15) is 6.10 Å². The maximum absolute atomic E-state index is 12.6. The van der Waals surface area contributed by atoms with Gasteiger partial charge < -0.3 is 24.8 Å². The average Bonchev–Trinajstić information content (AvgIpc) is 2.88. The molecule has 8 nitrogen and oxygen atoms in total. The van der Waals surface area contributed by atoms with Crippen LogP contribution < -0.4 is 10.6 Å². The van der Waals surface area contributed by atoms with Crippen LogP contribution in [0.4, 0.5) is 0 Å². The summed E-state index contributed by atoms with van der Waals surface area (Å²) >= 11 is 0. The number of rotatable bonds is 20. The standard InChI is InChI=1S/C32H58N2O6/c1-8-9-10-11-12-13-14-15-16-17-18-21-30(2,3)29(37)34-22-19-24-38-26(35)20-23-33-28(36)27-31(4,5)25-39-32(6,7)40-27/h12-13,27H,8-11,14-25H2,1-7H3,(H,33,36)(H,34,37). The van der Waals surface area contributed by atoms with Gasteiger partial charge >= 0.3 is 5.97 Å². The fraction of sp³-hybridized carbons (Fsp3) is 0.844. The number of carbonyl (C=O) groups is 3. The smallest absolute Gasteiger partial charge is 0.307 e. The Morgan fingerprint density at radius 2 is 1.55 bits per heavy atom. The molecule has 0 saturated carbocycles. The highest BCUT2D eigenvalue weighted by molar-refractivity contribution is 5.82. The van der Waals surface area contributed by atoms with E-state index in [0.29, 0.717) is 19.6 Å². The molecule has 2 N–H and O–H groups in total. The highest BCUT2D eigenvalue weighted by Gasteiger charge is 2.45. The molecule has 8 heteroatoms. The third kappa shape index (κ3) is 15.2. The fourth-order valence-electron chi connectivity index (χ4n) is 4.52. The predicted molar refractivity (Wildman–Crippen MR) is 160 cm³/mol. The van der Waals surface area contributed by atoms with E-state index in [1.54, 1.807) is 13.8 Å². The number of amides is 2. The molecule has 1 saturated heterocycles. The number of nitrogens with one attached hydrogen (secondary N) is 2. The zero-order valence-corrected chi connectivity index (χ0v) is 26.5. The van der Waals surface area contributed by atoms with E-state index in [9.17, 15) is 14.4 Å². The molecule has 0 radical (unpaired) electrons. The Labute approximate surface area is 243 Å². The molecule has 1 aliphatic heterocycles. The van der Waals surface area contributed by atoms with Crippen LogP contribution in [0.2, 0.25) is 0 Å². The number of esters is 1. The topological polar surface area (TPSA) is 103 Å². The minimum atomic E-state index is -0.828. The van der Waals surface area contributed by atoms with Crippen molar-refractivity contribution in [2.45, 2.75) is 137 Å². The lowest BCUT2D eigenvalue weighted by Gasteiger charge is -2.44. The quantitative estimate of drug-likeness (QED) is 0.103. The number of allylic oxidation sites excluding steroid dienone is 2. The number of hydrogen-bond donors (Lipinski definition) is 2. The van der Waals surface area contributed by atoms with Crippen molar-refractivity contribution in [2.24, 2.45) is 10.8 Å². The van der Waals surface area contributed by atoms with Gasteiger partial charge in [-0.3, -0.25) is 14.4 Å². The van der Waals surface area contributed by atoms with Gasteiger partial charge in [-0.15, -0.1) is 0 Å². The lowest BCUT2D eigenvalue weighted by molar-refractivity contribution is -0.304. The Bertz CT molecular complexity index is 790. The minimum absolute atomic E-state index is 0.0398. The molecule has 0 aromatic carbocycles. The van der Waals surface area contributed by atoms with Crippen molar-refractivity contribution in [3.8, 4) is 0 Å². The molecule has 1 aliphatic rings. The number of hydrogen-bond acceptors (Lipinski definition) is 6. The first kappa shape index (κ1) is 36.1. The van der Waals surface area contributed by atoms with Crippen molar-refractivity contribution in [1.82, 2.24) is 10.6 Å². The Balaban J connectivity index is 2.11. The van der Waals surface area contributed by atoms with E-state index >= 15 is 0 Å². The second kappa shape index (κ2) is 18.5.